The third kappa shape index (κ3) is 2.68. The molecule has 0 spiro atoms. The van der Waals surface area contributed by atoms with Gasteiger partial charge in [0.2, 0.25) is 0 Å². The minimum Gasteiger partial charge on any atom is -0.462 e. The molecule has 5 nitrogen and oxygen atoms in total. The van der Waals surface area contributed by atoms with Crippen molar-refractivity contribution in [1.29, 1.82) is 0 Å². The highest BCUT2D eigenvalue weighted by atomic mass is 16.5. The Balaban J connectivity index is 2.88. The van der Waals surface area contributed by atoms with Crippen molar-refractivity contribution in [3.8, 4) is 0 Å². The van der Waals surface area contributed by atoms with Gasteiger partial charge in [0.25, 0.3) is 0 Å². The summed E-state index contributed by atoms with van der Waals surface area (Å²) in [5.74, 6) is -0.554. The number of aliphatic hydroxyl groups is 3. The van der Waals surface area contributed by atoms with E-state index in [1.54, 1.807) is 0 Å². The molecule has 0 amide bonds. The fourth-order valence-corrected chi connectivity index (χ4v) is 1.71. The van der Waals surface area contributed by atoms with Crippen LogP contribution in [0.3, 0.4) is 0 Å². The second-order valence-electron chi connectivity index (χ2n) is 4.87. The van der Waals surface area contributed by atoms with Crippen LogP contribution in [-0.4, -0.2) is 45.2 Å². The van der Waals surface area contributed by atoms with Gasteiger partial charge in [-0.2, -0.15) is 0 Å². The molecule has 1 rings (SSSR count). The lowest BCUT2D eigenvalue weighted by Gasteiger charge is -2.44. The van der Waals surface area contributed by atoms with E-state index in [0.717, 1.165) is 0 Å². The van der Waals surface area contributed by atoms with Crippen LogP contribution in [0.4, 0.5) is 0 Å². The average Bonchev–Trinajstić information content (AvgIpc) is 2.22. The molecule has 0 aromatic rings. The third-order valence-corrected chi connectivity index (χ3v) is 3.26. The summed E-state index contributed by atoms with van der Waals surface area (Å²) in [6.45, 7) is 4.89. The van der Waals surface area contributed by atoms with Crippen LogP contribution in [0.2, 0.25) is 0 Å². The maximum Gasteiger partial charge on any atom is 0.333 e. The zero-order chi connectivity index (χ0) is 13.3. The first-order valence-electron chi connectivity index (χ1n) is 5.73. The molecule has 0 radical (unpaired) electrons. The summed E-state index contributed by atoms with van der Waals surface area (Å²) in [6.07, 6.45) is 0.612. The maximum absolute atomic E-state index is 11.6. The van der Waals surface area contributed by atoms with Gasteiger partial charge in [-0.3, -0.25) is 0 Å². The lowest BCUT2D eigenvalue weighted by Crippen LogP contribution is -2.59. The van der Waals surface area contributed by atoms with Gasteiger partial charge < -0.3 is 20.1 Å². The Hall–Kier alpha value is -0.910. The zero-order valence-electron chi connectivity index (χ0n) is 10.4. The number of ether oxygens (including phenoxy) is 1. The molecular weight excluding hydrogens is 224 g/mol. The van der Waals surface area contributed by atoms with Crippen molar-refractivity contribution in [3.63, 3.8) is 0 Å². The van der Waals surface area contributed by atoms with Crippen molar-refractivity contribution in [3.05, 3.63) is 11.6 Å². The van der Waals surface area contributed by atoms with Gasteiger partial charge in [-0.05, 0) is 26.3 Å². The van der Waals surface area contributed by atoms with Gasteiger partial charge in [-0.25, -0.2) is 4.79 Å². The Morgan fingerprint density at radius 2 is 2.12 bits per heavy atom. The minimum atomic E-state index is -1.68. The maximum atomic E-state index is 11.6. The fourth-order valence-electron chi connectivity index (χ4n) is 1.71. The highest BCUT2D eigenvalue weighted by molar-refractivity contribution is 5.89. The molecule has 0 aromatic carbocycles. The van der Waals surface area contributed by atoms with E-state index in [1.807, 2.05) is 6.92 Å². The largest absolute Gasteiger partial charge is 0.462 e. The first-order valence-corrected chi connectivity index (χ1v) is 5.73. The summed E-state index contributed by atoms with van der Waals surface area (Å²) in [4.78, 5) is 11.6. The highest BCUT2D eigenvalue weighted by Crippen LogP contribution is 2.36. The molecule has 3 N–H and O–H groups in total. The van der Waals surface area contributed by atoms with Crippen LogP contribution in [0.25, 0.3) is 0 Å². The summed E-state index contributed by atoms with van der Waals surface area (Å²) in [5.41, 5.74) is -3.05. The molecular formula is C12H20O5. The van der Waals surface area contributed by atoms with E-state index in [2.05, 4.69) is 0 Å². The molecule has 98 valence electrons. The van der Waals surface area contributed by atoms with Gasteiger partial charge >= 0.3 is 5.97 Å². The molecule has 0 heterocycles. The number of carbonyl (C=O) groups is 1. The lowest BCUT2D eigenvalue weighted by atomic mass is 9.72. The first-order chi connectivity index (χ1) is 7.72. The second kappa shape index (κ2) is 4.76. The molecule has 0 saturated carbocycles. The Kier molecular flexibility index (Phi) is 3.96. The number of rotatable bonds is 3. The summed E-state index contributed by atoms with van der Waals surface area (Å²) in [7, 11) is 0. The molecule has 5 heteroatoms. The lowest BCUT2D eigenvalue weighted by molar-refractivity contribution is -0.180. The van der Waals surface area contributed by atoms with Gasteiger partial charge in [0.1, 0.15) is 11.7 Å². The quantitative estimate of drug-likeness (QED) is 0.614. The van der Waals surface area contributed by atoms with Crippen LogP contribution < -0.4 is 0 Å². The Morgan fingerprint density at radius 3 is 2.59 bits per heavy atom. The molecule has 1 aliphatic carbocycles. The molecule has 1 aliphatic rings. The van der Waals surface area contributed by atoms with Crippen molar-refractivity contribution in [1.82, 2.24) is 0 Å². The molecule has 0 aliphatic heterocycles. The molecule has 3 atom stereocenters. The van der Waals surface area contributed by atoms with Crippen LogP contribution in [0, 0.1) is 0 Å². The smallest absolute Gasteiger partial charge is 0.333 e. The van der Waals surface area contributed by atoms with Gasteiger partial charge in [-0.1, -0.05) is 6.92 Å². The SMILES string of the molecule is CCCOC(=O)C1=CC(O)C(C)(O)C(C)(O)C1. The Morgan fingerprint density at radius 1 is 1.53 bits per heavy atom. The van der Waals surface area contributed by atoms with E-state index in [4.69, 9.17) is 4.74 Å². The van der Waals surface area contributed by atoms with Crippen LogP contribution in [0.5, 0.6) is 0 Å². The first kappa shape index (κ1) is 14.2. The third-order valence-electron chi connectivity index (χ3n) is 3.26. The van der Waals surface area contributed by atoms with E-state index in [0.29, 0.717) is 13.0 Å². The summed E-state index contributed by atoms with van der Waals surface area (Å²) < 4.78 is 4.93. The number of esters is 1. The van der Waals surface area contributed by atoms with Crippen molar-refractivity contribution in [2.24, 2.45) is 0 Å². The molecule has 17 heavy (non-hydrogen) atoms. The van der Waals surface area contributed by atoms with Gasteiger partial charge in [0, 0.05) is 12.0 Å². The van der Waals surface area contributed by atoms with Gasteiger partial charge in [-0.15, -0.1) is 0 Å². The fraction of sp³-hybridized carbons (Fsp3) is 0.750. The number of hydrogen-bond acceptors (Lipinski definition) is 5. The van der Waals surface area contributed by atoms with Crippen molar-refractivity contribution < 1.29 is 24.9 Å². The van der Waals surface area contributed by atoms with E-state index < -0.39 is 23.3 Å². The van der Waals surface area contributed by atoms with E-state index in [1.165, 1.54) is 19.9 Å². The highest BCUT2D eigenvalue weighted by Gasteiger charge is 2.50. The number of aliphatic hydroxyl groups excluding tert-OH is 1. The number of hydrogen-bond donors (Lipinski definition) is 3. The molecule has 0 saturated heterocycles. The normalized spacial score (nSPS) is 37.5. The van der Waals surface area contributed by atoms with Crippen molar-refractivity contribution in [2.75, 3.05) is 6.61 Å². The summed E-state index contributed by atoms with van der Waals surface area (Å²) in [5, 5.41) is 29.7. The predicted molar refractivity (Wildman–Crippen MR) is 61.2 cm³/mol. The Bertz CT molecular complexity index is 330. The van der Waals surface area contributed by atoms with Crippen LogP contribution in [-0.2, 0) is 9.53 Å². The molecule has 0 bridgehead atoms. The standard InChI is InChI=1S/C12H20O5/c1-4-5-17-10(14)8-6-9(13)12(3,16)11(2,15)7-8/h6,9,13,15-16H,4-5,7H2,1-3H3. The monoisotopic (exact) mass is 244 g/mol. The molecule has 0 fully saturated rings. The van der Waals surface area contributed by atoms with Crippen LogP contribution in [0.1, 0.15) is 33.6 Å². The van der Waals surface area contributed by atoms with Gasteiger partial charge in [0.05, 0.1) is 12.2 Å². The van der Waals surface area contributed by atoms with E-state index >= 15 is 0 Å². The summed E-state index contributed by atoms with van der Waals surface area (Å²) >= 11 is 0. The van der Waals surface area contributed by atoms with Crippen molar-refractivity contribution in [2.45, 2.75) is 50.9 Å². The number of carbonyl (C=O) groups excluding carboxylic acids is 1. The minimum absolute atomic E-state index is 0.0421. The second-order valence-corrected chi connectivity index (χ2v) is 4.87. The summed E-state index contributed by atoms with van der Waals surface area (Å²) in [6, 6.07) is 0. The molecule has 3 unspecified atom stereocenters. The Labute approximate surface area is 101 Å². The van der Waals surface area contributed by atoms with Gasteiger partial charge in [0.15, 0.2) is 0 Å². The van der Waals surface area contributed by atoms with E-state index in [-0.39, 0.29) is 12.0 Å². The topological polar surface area (TPSA) is 87.0 Å². The van der Waals surface area contributed by atoms with E-state index in [9.17, 15) is 20.1 Å². The molecule has 0 aromatic heterocycles. The average molecular weight is 244 g/mol. The van der Waals surface area contributed by atoms with Crippen LogP contribution in [0.15, 0.2) is 11.6 Å². The zero-order valence-corrected chi connectivity index (χ0v) is 10.4. The van der Waals surface area contributed by atoms with Crippen molar-refractivity contribution >= 4 is 5.97 Å². The van der Waals surface area contributed by atoms with Crippen LogP contribution >= 0.6 is 0 Å². The predicted octanol–water partition coefficient (Wildman–Crippen LogP) is 0.133.